The van der Waals surface area contributed by atoms with Gasteiger partial charge in [0, 0.05) is 16.1 Å². The van der Waals surface area contributed by atoms with Crippen LogP contribution in [0.4, 0.5) is 5.69 Å². The highest BCUT2D eigenvalue weighted by atomic mass is 35.5. The third-order valence-electron chi connectivity index (χ3n) is 2.88. The number of amides is 1. The Labute approximate surface area is 108 Å². The number of carbonyl (C=O) groups excluding carboxylic acids is 1. The van der Waals surface area contributed by atoms with E-state index in [1.54, 1.807) is 17.8 Å². The number of benzene rings is 1. The summed E-state index contributed by atoms with van der Waals surface area (Å²) < 4.78 is 5.12. The van der Waals surface area contributed by atoms with E-state index in [1.165, 1.54) is 0 Å². The Morgan fingerprint density at radius 3 is 2.88 bits per heavy atom. The fraction of sp³-hybridized carbons (Fsp3) is 0.364. The van der Waals surface area contributed by atoms with Gasteiger partial charge in [0.2, 0.25) is 5.91 Å². The molecule has 2 aliphatic heterocycles. The number of carbonyl (C=O) groups is 1. The molecular weight excluding hydrogens is 260 g/mol. The van der Waals surface area contributed by atoms with Crippen molar-refractivity contribution in [3.05, 3.63) is 22.7 Å². The molecule has 3 N–H and O–H groups in total. The molecule has 0 aliphatic carbocycles. The summed E-state index contributed by atoms with van der Waals surface area (Å²) in [5, 5.41) is 3.86. The van der Waals surface area contributed by atoms with Crippen molar-refractivity contribution in [1.82, 2.24) is 0 Å². The van der Waals surface area contributed by atoms with Crippen LogP contribution >= 0.6 is 23.4 Å². The van der Waals surface area contributed by atoms with Crippen LogP contribution in [0.5, 0.6) is 0 Å². The van der Waals surface area contributed by atoms with Gasteiger partial charge in [0.05, 0.1) is 23.5 Å². The third kappa shape index (κ3) is 1.93. The van der Waals surface area contributed by atoms with Crippen LogP contribution in [0, 0.1) is 0 Å². The molecule has 0 bridgehead atoms. The smallest absolute Gasteiger partial charge is 0.245 e. The zero-order chi connectivity index (χ0) is 12.0. The van der Waals surface area contributed by atoms with Gasteiger partial charge in [0.15, 0.2) is 0 Å². The maximum atomic E-state index is 11.4. The molecule has 1 amide bonds. The molecule has 3 rings (SSSR count). The molecular formula is C11H11ClN2O2S. The number of nitrogens with two attached hydrogens (primary N) is 1. The number of ether oxygens (including phenoxy) is 1. The standard InChI is InChI=1S/C11H11ClN2O2S/c12-7-1-6-8(14-11(15)10(6)13)2-9(7)17-5-3-16-4-5/h1-2,5,10H,3-4,13H2,(H,14,15). The predicted octanol–water partition coefficient (Wildman–Crippen LogP) is 1.78. The molecule has 1 saturated heterocycles. The lowest BCUT2D eigenvalue weighted by Gasteiger charge is -2.25. The first-order valence-corrected chi connectivity index (χ1v) is 6.55. The van der Waals surface area contributed by atoms with E-state index < -0.39 is 6.04 Å². The number of nitrogens with one attached hydrogen (secondary N) is 1. The minimum Gasteiger partial charge on any atom is -0.379 e. The van der Waals surface area contributed by atoms with Crippen LogP contribution in [0.2, 0.25) is 5.02 Å². The van der Waals surface area contributed by atoms with Crippen molar-refractivity contribution < 1.29 is 9.53 Å². The van der Waals surface area contributed by atoms with E-state index in [4.69, 9.17) is 22.1 Å². The maximum Gasteiger partial charge on any atom is 0.245 e. The number of hydrogen-bond donors (Lipinski definition) is 2. The Balaban J connectivity index is 1.91. The number of halogens is 1. The topological polar surface area (TPSA) is 64.4 Å². The van der Waals surface area contributed by atoms with Crippen molar-refractivity contribution in [3.63, 3.8) is 0 Å². The van der Waals surface area contributed by atoms with Crippen molar-refractivity contribution in [2.24, 2.45) is 5.73 Å². The largest absolute Gasteiger partial charge is 0.379 e. The number of hydrogen-bond acceptors (Lipinski definition) is 4. The van der Waals surface area contributed by atoms with Gasteiger partial charge in [-0.25, -0.2) is 0 Å². The lowest BCUT2D eigenvalue weighted by molar-refractivity contribution is -0.116. The number of fused-ring (bicyclic) bond motifs is 1. The molecule has 0 spiro atoms. The Bertz CT molecular complexity index is 491. The predicted molar refractivity (Wildman–Crippen MR) is 67.5 cm³/mol. The van der Waals surface area contributed by atoms with Gasteiger partial charge in [-0.1, -0.05) is 11.6 Å². The molecule has 2 heterocycles. The summed E-state index contributed by atoms with van der Waals surface area (Å²) in [7, 11) is 0. The zero-order valence-corrected chi connectivity index (χ0v) is 10.5. The van der Waals surface area contributed by atoms with Crippen molar-refractivity contribution in [2.75, 3.05) is 18.5 Å². The van der Waals surface area contributed by atoms with Crippen LogP contribution in [-0.4, -0.2) is 24.4 Å². The van der Waals surface area contributed by atoms with Gasteiger partial charge in [-0.3, -0.25) is 4.79 Å². The second kappa shape index (κ2) is 4.17. The second-order valence-electron chi connectivity index (χ2n) is 4.11. The molecule has 1 unspecified atom stereocenters. The molecule has 1 aromatic rings. The van der Waals surface area contributed by atoms with Crippen molar-refractivity contribution >= 4 is 35.0 Å². The van der Waals surface area contributed by atoms with Gasteiger partial charge >= 0.3 is 0 Å². The Morgan fingerprint density at radius 2 is 2.24 bits per heavy atom. The van der Waals surface area contributed by atoms with Gasteiger partial charge in [0.25, 0.3) is 0 Å². The molecule has 0 saturated carbocycles. The fourth-order valence-corrected chi connectivity index (χ4v) is 3.19. The summed E-state index contributed by atoms with van der Waals surface area (Å²) >= 11 is 7.87. The molecule has 2 aliphatic rings. The Hall–Kier alpha value is -0.750. The minimum absolute atomic E-state index is 0.176. The van der Waals surface area contributed by atoms with Crippen LogP contribution in [-0.2, 0) is 9.53 Å². The zero-order valence-electron chi connectivity index (χ0n) is 8.90. The molecule has 6 heteroatoms. The number of thioether (sulfide) groups is 1. The van der Waals surface area contributed by atoms with Crippen molar-refractivity contribution in [3.8, 4) is 0 Å². The molecule has 17 heavy (non-hydrogen) atoms. The van der Waals surface area contributed by atoms with Crippen LogP contribution in [0.15, 0.2) is 17.0 Å². The van der Waals surface area contributed by atoms with E-state index in [0.717, 1.165) is 29.4 Å². The van der Waals surface area contributed by atoms with Crippen LogP contribution in [0.25, 0.3) is 0 Å². The first-order valence-electron chi connectivity index (χ1n) is 5.29. The molecule has 1 atom stereocenters. The Kier molecular flexibility index (Phi) is 2.78. The first-order chi connectivity index (χ1) is 8.15. The summed E-state index contributed by atoms with van der Waals surface area (Å²) in [6.07, 6.45) is 0. The molecule has 0 aromatic heterocycles. The van der Waals surface area contributed by atoms with Crippen LogP contribution in [0.1, 0.15) is 11.6 Å². The molecule has 90 valence electrons. The van der Waals surface area contributed by atoms with Gasteiger partial charge in [0.1, 0.15) is 6.04 Å². The summed E-state index contributed by atoms with van der Waals surface area (Å²) in [4.78, 5) is 12.4. The van der Waals surface area contributed by atoms with Crippen LogP contribution < -0.4 is 11.1 Å². The minimum atomic E-state index is -0.603. The SMILES string of the molecule is NC1C(=O)Nc2cc(SC3COC3)c(Cl)cc21. The average molecular weight is 271 g/mol. The summed E-state index contributed by atoms with van der Waals surface area (Å²) in [5.41, 5.74) is 7.30. The molecule has 1 aromatic carbocycles. The van der Waals surface area contributed by atoms with Crippen molar-refractivity contribution in [1.29, 1.82) is 0 Å². The van der Waals surface area contributed by atoms with E-state index in [2.05, 4.69) is 5.32 Å². The highest BCUT2D eigenvalue weighted by molar-refractivity contribution is 8.00. The highest BCUT2D eigenvalue weighted by Crippen LogP contribution is 2.40. The number of anilines is 1. The van der Waals surface area contributed by atoms with Gasteiger partial charge in [-0.15, -0.1) is 11.8 Å². The molecule has 4 nitrogen and oxygen atoms in total. The Morgan fingerprint density at radius 1 is 1.47 bits per heavy atom. The monoisotopic (exact) mass is 270 g/mol. The lowest BCUT2D eigenvalue weighted by Crippen LogP contribution is -2.30. The summed E-state index contributed by atoms with van der Waals surface area (Å²) in [6, 6.07) is 3.07. The maximum absolute atomic E-state index is 11.4. The normalized spacial score (nSPS) is 23.2. The van der Waals surface area contributed by atoms with Gasteiger partial charge < -0.3 is 15.8 Å². The average Bonchev–Trinajstić information content (AvgIpc) is 2.50. The van der Waals surface area contributed by atoms with E-state index in [9.17, 15) is 4.79 Å². The number of rotatable bonds is 2. The second-order valence-corrected chi connectivity index (χ2v) is 5.86. The fourth-order valence-electron chi connectivity index (χ4n) is 1.84. The van der Waals surface area contributed by atoms with E-state index in [1.807, 2.05) is 6.07 Å². The van der Waals surface area contributed by atoms with Gasteiger partial charge in [-0.2, -0.15) is 0 Å². The highest BCUT2D eigenvalue weighted by Gasteiger charge is 2.29. The van der Waals surface area contributed by atoms with Gasteiger partial charge in [-0.05, 0) is 12.1 Å². The van der Waals surface area contributed by atoms with E-state index in [0.29, 0.717) is 10.3 Å². The van der Waals surface area contributed by atoms with E-state index in [-0.39, 0.29) is 5.91 Å². The third-order valence-corrected chi connectivity index (χ3v) is 4.50. The first kappa shape index (κ1) is 11.3. The lowest BCUT2D eigenvalue weighted by atomic mass is 10.1. The van der Waals surface area contributed by atoms with Crippen LogP contribution in [0.3, 0.4) is 0 Å². The molecule has 0 radical (unpaired) electrons. The quantitative estimate of drug-likeness (QED) is 0.860. The molecule has 1 fully saturated rings. The summed E-state index contributed by atoms with van der Waals surface area (Å²) in [5.74, 6) is -0.176. The van der Waals surface area contributed by atoms with Crippen molar-refractivity contribution in [2.45, 2.75) is 16.2 Å². The summed E-state index contributed by atoms with van der Waals surface area (Å²) in [6.45, 7) is 1.51. The van der Waals surface area contributed by atoms with E-state index >= 15 is 0 Å².